The Morgan fingerprint density at radius 1 is 0.800 bits per heavy atom. The van der Waals surface area contributed by atoms with Crippen molar-refractivity contribution in [1.82, 2.24) is 0 Å². The molecule has 0 heterocycles. The van der Waals surface area contributed by atoms with E-state index < -0.39 is 49.6 Å². The Labute approximate surface area is 129 Å². The van der Waals surface area contributed by atoms with Gasteiger partial charge in [-0.05, 0) is 0 Å². The molecule has 0 spiro atoms. The molecule has 0 radical (unpaired) electrons. The van der Waals surface area contributed by atoms with Crippen molar-refractivity contribution in [2.45, 2.75) is 24.4 Å². The fourth-order valence-electron chi connectivity index (χ4n) is 0.514. The van der Waals surface area contributed by atoms with E-state index in [-0.39, 0.29) is 28.5 Å². The monoisotopic (exact) mass is 312 g/mol. The third kappa shape index (κ3) is 12.5. The zero-order valence-electron chi connectivity index (χ0n) is 10.2. The molecule has 0 amide bonds. The van der Waals surface area contributed by atoms with Crippen molar-refractivity contribution in [1.29, 1.82) is 0 Å². The van der Waals surface area contributed by atoms with Gasteiger partial charge in [0.1, 0.15) is 24.4 Å². The maximum absolute atomic E-state index is 9.67. The van der Waals surface area contributed by atoms with E-state index in [9.17, 15) is 19.8 Å². The fraction of sp³-hybridized carbons (Fsp3) is 0.750. The first-order chi connectivity index (χ1) is 8.18. The van der Waals surface area contributed by atoms with Crippen molar-refractivity contribution in [3.63, 3.8) is 0 Å². The second-order valence-corrected chi connectivity index (χ2v) is 3.03. The fourth-order valence-corrected chi connectivity index (χ4v) is 0.514. The van der Waals surface area contributed by atoms with Crippen LogP contribution in [0.3, 0.4) is 0 Å². The first-order valence-electron chi connectivity index (χ1n) is 4.54. The number of carbonyl (C=O) groups is 2. The third-order valence-electron chi connectivity index (χ3n) is 1.59. The standard InChI is InChI=1S/2C4H8O5.Mg.H2O/c2*5-1-2(6)3(7)4(8)9;;/h2*2-3,5-7H,1H2,(H,8,9);;1H2/q;;+2;/p-2/t2*2-,3+;;/m00../s1. The van der Waals surface area contributed by atoms with Gasteiger partial charge < -0.3 is 55.9 Å². The molecule has 0 aliphatic rings. The molecule has 11 nitrogen and oxygen atoms in total. The summed E-state index contributed by atoms with van der Waals surface area (Å²) in [5.41, 5.74) is 0. The average molecular weight is 313 g/mol. The predicted octanol–water partition coefficient (Wildman–Crippen LogP) is -8.30. The first-order valence-corrected chi connectivity index (χ1v) is 4.54. The zero-order valence-corrected chi connectivity index (χ0v) is 11.7. The SMILES string of the molecule is O.O=C([O-])[C@H](O)[C@@H](O)CO.O=C([O-])[C@H](O)[C@@H](O)CO.[Mg+2]. The van der Waals surface area contributed by atoms with Crippen LogP contribution in [0.4, 0.5) is 0 Å². The van der Waals surface area contributed by atoms with Crippen LogP contribution in [0.2, 0.25) is 0 Å². The summed E-state index contributed by atoms with van der Waals surface area (Å²) in [6, 6.07) is 0. The van der Waals surface area contributed by atoms with Crippen molar-refractivity contribution in [3.8, 4) is 0 Å². The van der Waals surface area contributed by atoms with Crippen molar-refractivity contribution in [2.75, 3.05) is 13.2 Å². The van der Waals surface area contributed by atoms with Crippen LogP contribution >= 0.6 is 0 Å². The molecule has 0 unspecified atom stereocenters. The number of hydrogen-bond donors (Lipinski definition) is 6. The molecule has 0 rings (SSSR count). The average Bonchev–Trinajstić information content (AvgIpc) is 2.35. The molecule has 0 aliphatic carbocycles. The Balaban J connectivity index is -0.000000116. The van der Waals surface area contributed by atoms with Gasteiger partial charge in [0.25, 0.3) is 0 Å². The van der Waals surface area contributed by atoms with E-state index in [1.54, 1.807) is 0 Å². The number of hydrogen-bond acceptors (Lipinski definition) is 10. The molecule has 20 heavy (non-hydrogen) atoms. The molecule has 0 bridgehead atoms. The van der Waals surface area contributed by atoms with Gasteiger partial charge in [0, 0.05) is 0 Å². The number of carboxylic acid groups (broad SMARTS) is 2. The molecule has 0 aromatic rings. The molecule has 4 atom stereocenters. The summed E-state index contributed by atoms with van der Waals surface area (Å²) in [5.74, 6) is -3.59. The van der Waals surface area contributed by atoms with Gasteiger partial charge in [-0.2, -0.15) is 0 Å². The summed E-state index contributed by atoms with van der Waals surface area (Å²) in [6.07, 6.45) is -7.32. The van der Waals surface area contributed by atoms with E-state index in [0.717, 1.165) is 0 Å². The van der Waals surface area contributed by atoms with Crippen LogP contribution in [-0.4, -0.2) is 109 Å². The van der Waals surface area contributed by atoms with Gasteiger partial charge in [0.05, 0.1) is 25.2 Å². The number of carbonyl (C=O) groups excluding carboxylic acids is 2. The molecular formula is C8H16MgO11. The van der Waals surface area contributed by atoms with E-state index in [1.807, 2.05) is 0 Å². The van der Waals surface area contributed by atoms with Gasteiger partial charge in [0.15, 0.2) is 0 Å². The largest absolute Gasteiger partial charge is 2.00 e. The van der Waals surface area contributed by atoms with Crippen molar-refractivity contribution < 1.29 is 55.9 Å². The number of carboxylic acids is 2. The molecule has 116 valence electrons. The minimum Gasteiger partial charge on any atom is -0.547 e. The molecule has 0 aliphatic heterocycles. The van der Waals surface area contributed by atoms with Crippen molar-refractivity contribution >= 4 is 35.0 Å². The van der Waals surface area contributed by atoms with E-state index in [0.29, 0.717) is 0 Å². The summed E-state index contributed by atoms with van der Waals surface area (Å²) in [4.78, 5) is 19.3. The normalized spacial score (nSPS) is 15.1. The minimum atomic E-state index is -2.00. The van der Waals surface area contributed by atoms with Gasteiger partial charge in [-0.3, -0.25) is 0 Å². The zero-order chi connectivity index (χ0) is 14.9. The smallest absolute Gasteiger partial charge is 0.547 e. The number of aliphatic hydroxyl groups excluding tert-OH is 6. The van der Waals surface area contributed by atoms with Crippen LogP contribution < -0.4 is 10.2 Å². The third-order valence-corrected chi connectivity index (χ3v) is 1.59. The Hall–Kier alpha value is -0.574. The molecule has 0 aromatic carbocycles. The van der Waals surface area contributed by atoms with Gasteiger partial charge in [-0.15, -0.1) is 0 Å². The topological polar surface area (TPSA) is 233 Å². The van der Waals surface area contributed by atoms with Crippen molar-refractivity contribution in [3.05, 3.63) is 0 Å². The van der Waals surface area contributed by atoms with Crippen LogP contribution in [-0.2, 0) is 9.59 Å². The summed E-state index contributed by atoms with van der Waals surface area (Å²) >= 11 is 0. The quantitative estimate of drug-likeness (QED) is 0.253. The van der Waals surface area contributed by atoms with Crippen LogP contribution in [0, 0.1) is 0 Å². The van der Waals surface area contributed by atoms with Gasteiger partial charge in [-0.25, -0.2) is 0 Å². The minimum absolute atomic E-state index is 0. The summed E-state index contributed by atoms with van der Waals surface area (Å²) in [5, 5.41) is 68.8. The Kier molecular flexibility index (Phi) is 20.5. The van der Waals surface area contributed by atoms with Crippen molar-refractivity contribution in [2.24, 2.45) is 0 Å². The molecule has 0 fully saturated rings. The van der Waals surface area contributed by atoms with Gasteiger partial charge in [-0.1, -0.05) is 0 Å². The van der Waals surface area contributed by atoms with Gasteiger partial charge >= 0.3 is 23.1 Å². The van der Waals surface area contributed by atoms with E-state index >= 15 is 0 Å². The molecule has 8 N–H and O–H groups in total. The maximum atomic E-state index is 9.67. The van der Waals surface area contributed by atoms with Crippen LogP contribution in [0.5, 0.6) is 0 Å². The summed E-state index contributed by atoms with van der Waals surface area (Å²) in [7, 11) is 0. The Morgan fingerprint density at radius 3 is 1.05 bits per heavy atom. The maximum Gasteiger partial charge on any atom is 2.00 e. The Morgan fingerprint density at radius 2 is 1.00 bits per heavy atom. The van der Waals surface area contributed by atoms with E-state index in [2.05, 4.69) is 0 Å². The number of aliphatic carboxylic acids is 2. The molecule has 0 aromatic heterocycles. The second-order valence-electron chi connectivity index (χ2n) is 3.03. The molecule has 0 saturated carbocycles. The van der Waals surface area contributed by atoms with Gasteiger partial charge in [0.2, 0.25) is 0 Å². The van der Waals surface area contributed by atoms with E-state index in [1.165, 1.54) is 0 Å². The van der Waals surface area contributed by atoms with Crippen LogP contribution in [0.15, 0.2) is 0 Å². The van der Waals surface area contributed by atoms with Crippen LogP contribution in [0.25, 0.3) is 0 Å². The molecule has 0 saturated heterocycles. The molecular weight excluding hydrogens is 296 g/mol. The summed E-state index contributed by atoms with van der Waals surface area (Å²) < 4.78 is 0. The first kappa shape index (κ1) is 27.7. The number of rotatable bonds is 6. The molecule has 12 heteroatoms. The number of aliphatic hydroxyl groups is 6. The van der Waals surface area contributed by atoms with Crippen LogP contribution in [0.1, 0.15) is 0 Å². The predicted molar refractivity (Wildman–Crippen MR) is 57.6 cm³/mol. The second kappa shape index (κ2) is 14.8. The summed E-state index contributed by atoms with van der Waals surface area (Å²) in [6.45, 7) is -1.59. The van der Waals surface area contributed by atoms with E-state index in [4.69, 9.17) is 30.6 Å². The Bertz CT molecular complexity index is 235.